The molecule has 0 unspecified atom stereocenters. The number of carboxylic acid groups (broad SMARTS) is 1. The standard InChI is InChI=1S/C8H11ClN2O3/c9-6-2-1-3-11(5-6)8(14)10-4-7(12)13/h2H,1,3-5H2,(H,10,14)(H,12,13). The molecule has 0 radical (unpaired) electrons. The molecule has 0 saturated heterocycles. The minimum Gasteiger partial charge on any atom is -0.480 e. The quantitative estimate of drug-likeness (QED) is 0.714. The molecular weight excluding hydrogens is 208 g/mol. The Balaban J connectivity index is 2.38. The van der Waals surface area contributed by atoms with Crippen LogP contribution in [-0.4, -0.2) is 41.6 Å². The molecule has 0 bridgehead atoms. The lowest BCUT2D eigenvalue weighted by Gasteiger charge is -2.24. The van der Waals surface area contributed by atoms with Crippen molar-refractivity contribution in [1.82, 2.24) is 10.2 Å². The average molecular weight is 219 g/mol. The molecule has 5 nitrogen and oxygen atoms in total. The number of carbonyl (C=O) groups is 2. The molecule has 0 aromatic rings. The predicted molar refractivity (Wildman–Crippen MR) is 51.2 cm³/mol. The highest BCUT2D eigenvalue weighted by Crippen LogP contribution is 2.12. The first-order chi connectivity index (χ1) is 6.59. The van der Waals surface area contributed by atoms with Gasteiger partial charge in [0.1, 0.15) is 6.54 Å². The van der Waals surface area contributed by atoms with E-state index in [4.69, 9.17) is 16.7 Å². The summed E-state index contributed by atoms with van der Waals surface area (Å²) in [5.41, 5.74) is 0. The Morgan fingerprint density at radius 3 is 2.93 bits per heavy atom. The molecular formula is C8H11ClN2O3. The summed E-state index contributed by atoms with van der Waals surface area (Å²) < 4.78 is 0. The highest BCUT2D eigenvalue weighted by atomic mass is 35.5. The zero-order chi connectivity index (χ0) is 10.6. The Bertz CT molecular complexity index is 278. The molecule has 0 aliphatic carbocycles. The first-order valence-corrected chi connectivity index (χ1v) is 4.56. The summed E-state index contributed by atoms with van der Waals surface area (Å²) in [4.78, 5) is 23.0. The van der Waals surface area contributed by atoms with E-state index in [1.165, 1.54) is 4.90 Å². The van der Waals surface area contributed by atoms with Gasteiger partial charge < -0.3 is 15.3 Å². The van der Waals surface area contributed by atoms with Gasteiger partial charge in [0.15, 0.2) is 0 Å². The Kier molecular flexibility index (Phi) is 3.76. The van der Waals surface area contributed by atoms with Gasteiger partial charge in [-0.2, -0.15) is 0 Å². The lowest BCUT2D eigenvalue weighted by atomic mass is 10.2. The maximum atomic E-state index is 11.3. The lowest BCUT2D eigenvalue weighted by Crippen LogP contribution is -2.44. The molecule has 0 saturated carbocycles. The Hall–Kier alpha value is -1.23. The maximum Gasteiger partial charge on any atom is 0.323 e. The van der Waals surface area contributed by atoms with E-state index < -0.39 is 12.0 Å². The van der Waals surface area contributed by atoms with Crippen LogP contribution in [0.2, 0.25) is 0 Å². The number of hydrogen-bond donors (Lipinski definition) is 2. The van der Waals surface area contributed by atoms with Crippen LogP contribution >= 0.6 is 11.6 Å². The molecule has 1 rings (SSSR count). The second kappa shape index (κ2) is 4.85. The van der Waals surface area contributed by atoms with E-state index >= 15 is 0 Å². The number of carboxylic acids is 1. The normalized spacial score (nSPS) is 16.1. The van der Waals surface area contributed by atoms with Crippen molar-refractivity contribution in [2.45, 2.75) is 6.42 Å². The Morgan fingerprint density at radius 1 is 1.64 bits per heavy atom. The monoisotopic (exact) mass is 218 g/mol. The summed E-state index contributed by atoms with van der Waals surface area (Å²) in [5.74, 6) is -1.06. The molecule has 1 heterocycles. The van der Waals surface area contributed by atoms with Gasteiger partial charge in [-0.15, -0.1) is 0 Å². The number of nitrogens with zero attached hydrogens (tertiary/aromatic N) is 1. The molecule has 0 spiro atoms. The zero-order valence-corrected chi connectivity index (χ0v) is 8.25. The number of hydrogen-bond acceptors (Lipinski definition) is 2. The molecule has 1 aliphatic heterocycles. The van der Waals surface area contributed by atoms with Gasteiger partial charge in [-0.3, -0.25) is 4.79 Å². The Labute approximate surface area is 86.3 Å². The van der Waals surface area contributed by atoms with E-state index in [-0.39, 0.29) is 6.54 Å². The molecule has 6 heteroatoms. The van der Waals surface area contributed by atoms with Crippen LogP contribution in [0.25, 0.3) is 0 Å². The Morgan fingerprint density at radius 2 is 2.36 bits per heavy atom. The van der Waals surface area contributed by atoms with Crippen molar-refractivity contribution in [1.29, 1.82) is 0 Å². The topological polar surface area (TPSA) is 69.6 Å². The van der Waals surface area contributed by atoms with Crippen LogP contribution in [0, 0.1) is 0 Å². The summed E-state index contributed by atoms with van der Waals surface area (Å²) in [5, 5.41) is 11.2. The number of rotatable bonds is 2. The molecule has 0 fully saturated rings. The van der Waals surface area contributed by atoms with Crippen LogP contribution in [-0.2, 0) is 4.79 Å². The maximum absolute atomic E-state index is 11.3. The first-order valence-electron chi connectivity index (χ1n) is 4.18. The SMILES string of the molecule is O=C(O)CNC(=O)N1CCC=C(Cl)C1. The van der Waals surface area contributed by atoms with Crippen molar-refractivity contribution in [3.63, 3.8) is 0 Å². The molecule has 0 aromatic carbocycles. The zero-order valence-electron chi connectivity index (χ0n) is 7.49. The van der Waals surface area contributed by atoms with Crippen molar-refractivity contribution in [2.75, 3.05) is 19.6 Å². The van der Waals surface area contributed by atoms with Gasteiger partial charge in [-0.25, -0.2) is 4.79 Å². The van der Waals surface area contributed by atoms with Crippen LogP contribution in [0.15, 0.2) is 11.1 Å². The highest BCUT2D eigenvalue weighted by molar-refractivity contribution is 6.30. The number of urea groups is 1. The summed E-state index contributed by atoms with van der Waals surface area (Å²) in [6, 6.07) is -0.390. The molecule has 2 N–H and O–H groups in total. The third-order valence-corrected chi connectivity index (χ3v) is 2.06. The third-order valence-electron chi connectivity index (χ3n) is 1.78. The number of nitrogens with one attached hydrogen (secondary N) is 1. The van der Waals surface area contributed by atoms with Crippen LogP contribution in [0.3, 0.4) is 0 Å². The summed E-state index contributed by atoms with van der Waals surface area (Å²) in [6.45, 7) is 0.561. The van der Waals surface area contributed by atoms with Gasteiger partial charge in [0.25, 0.3) is 0 Å². The summed E-state index contributed by atoms with van der Waals surface area (Å²) in [6.07, 6.45) is 2.56. The predicted octanol–water partition coefficient (Wildman–Crippen LogP) is 0.609. The highest BCUT2D eigenvalue weighted by Gasteiger charge is 2.17. The lowest BCUT2D eigenvalue weighted by molar-refractivity contribution is -0.135. The van der Waals surface area contributed by atoms with E-state index in [0.29, 0.717) is 24.5 Å². The van der Waals surface area contributed by atoms with Gasteiger partial charge in [0, 0.05) is 11.6 Å². The van der Waals surface area contributed by atoms with Crippen molar-refractivity contribution < 1.29 is 14.7 Å². The summed E-state index contributed by atoms with van der Waals surface area (Å²) >= 11 is 5.74. The number of amides is 2. The van der Waals surface area contributed by atoms with Crippen LogP contribution in [0.5, 0.6) is 0 Å². The fraction of sp³-hybridized carbons (Fsp3) is 0.500. The summed E-state index contributed by atoms with van der Waals surface area (Å²) in [7, 11) is 0. The molecule has 78 valence electrons. The smallest absolute Gasteiger partial charge is 0.323 e. The van der Waals surface area contributed by atoms with Crippen molar-refractivity contribution in [3.8, 4) is 0 Å². The molecule has 2 amide bonds. The van der Waals surface area contributed by atoms with E-state index in [9.17, 15) is 9.59 Å². The van der Waals surface area contributed by atoms with E-state index in [2.05, 4.69) is 5.32 Å². The van der Waals surface area contributed by atoms with Crippen LogP contribution in [0.4, 0.5) is 4.79 Å². The van der Waals surface area contributed by atoms with E-state index in [1.54, 1.807) is 0 Å². The fourth-order valence-electron chi connectivity index (χ4n) is 1.14. The van der Waals surface area contributed by atoms with Gasteiger partial charge >= 0.3 is 12.0 Å². The van der Waals surface area contributed by atoms with Crippen molar-refractivity contribution in [3.05, 3.63) is 11.1 Å². The molecule has 1 aliphatic rings. The van der Waals surface area contributed by atoms with Gasteiger partial charge in [-0.05, 0) is 6.42 Å². The van der Waals surface area contributed by atoms with E-state index in [1.807, 2.05) is 6.08 Å². The van der Waals surface area contributed by atoms with Gasteiger partial charge in [0.05, 0.1) is 6.54 Å². The second-order valence-electron chi connectivity index (χ2n) is 2.91. The third kappa shape index (κ3) is 3.26. The molecule has 0 aromatic heterocycles. The van der Waals surface area contributed by atoms with Crippen LogP contribution < -0.4 is 5.32 Å². The van der Waals surface area contributed by atoms with Crippen molar-refractivity contribution >= 4 is 23.6 Å². The average Bonchev–Trinajstić information content (AvgIpc) is 2.14. The van der Waals surface area contributed by atoms with Crippen molar-refractivity contribution in [2.24, 2.45) is 0 Å². The van der Waals surface area contributed by atoms with E-state index in [0.717, 1.165) is 0 Å². The largest absolute Gasteiger partial charge is 0.480 e. The minimum absolute atomic E-state index is 0.354. The molecule has 0 atom stereocenters. The second-order valence-corrected chi connectivity index (χ2v) is 3.40. The fourth-order valence-corrected chi connectivity index (χ4v) is 1.39. The molecule has 14 heavy (non-hydrogen) atoms. The first kappa shape index (κ1) is 10.8. The number of halogens is 1. The van der Waals surface area contributed by atoms with Gasteiger partial charge in [0.2, 0.25) is 0 Å². The number of carbonyl (C=O) groups excluding carboxylic acids is 1. The van der Waals surface area contributed by atoms with Gasteiger partial charge in [-0.1, -0.05) is 17.7 Å². The number of aliphatic carboxylic acids is 1. The minimum atomic E-state index is -1.06. The van der Waals surface area contributed by atoms with Crippen LogP contribution in [0.1, 0.15) is 6.42 Å².